The van der Waals surface area contributed by atoms with Crippen LogP contribution in [-0.4, -0.2) is 38.4 Å². The van der Waals surface area contributed by atoms with Crippen LogP contribution in [0.15, 0.2) is 18.2 Å². The number of hydrogen-bond acceptors (Lipinski definition) is 4. The number of rotatable bonds is 7. The molecule has 7 heteroatoms. The molecule has 1 aromatic rings. The van der Waals surface area contributed by atoms with Gasteiger partial charge in [-0.1, -0.05) is 6.07 Å². The molecule has 0 aromatic heterocycles. The fraction of sp³-hybridized carbons (Fsp3) is 0.562. The number of carbonyl (C=O) groups excluding carboxylic acids is 1. The number of benzene rings is 1. The normalized spacial score (nSPS) is 13.0. The lowest BCUT2D eigenvalue weighted by atomic mass is 10.2. The lowest BCUT2D eigenvalue weighted by molar-refractivity contribution is -0.120. The summed E-state index contributed by atoms with van der Waals surface area (Å²) in [6, 6.07) is 4.71. The average Bonchev–Trinajstić information content (AvgIpc) is 2.50. The second kappa shape index (κ2) is 7.77. The first-order chi connectivity index (χ1) is 10.6. The van der Waals surface area contributed by atoms with Gasteiger partial charge < -0.3 is 10.2 Å². The van der Waals surface area contributed by atoms with Crippen molar-refractivity contribution in [2.24, 2.45) is 0 Å². The number of carbonyl (C=O) groups is 1. The third kappa shape index (κ3) is 4.67. The first kappa shape index (κ1) is 19.4. The predicted octanol–water partition coefficient (Wildman–Crippen LogP) is 2.11. The number of nitrogens with one attached hydrogen (secondary N) is 1. The van der Waals surface area contributed by atoms with Gasteiger partial charge in [0.15, 0.2) is 9.84 Å². The monoisotopic (exact) mass is 344 g/mol. The van der Waals surface area contributed by atoms with Crippen molar-refractivity contribution in [2.75, 3.05) is 18.5 Å². The first-order valence-electron chi connectivity index (χ1n) is 7.61. The number of halogens is 1. The van der Waals surface area contributed by atoms with Gasteiger partial charge in [0, 0.05) is 20.1 Å². The Labute approximate surface area is 137 Å². The van der Waals surface area contributed by atoms with Crippen LogP contribution in [0.5, 0.6) is 0 Å². The lowest BCUT2D eigenvalue weighted by Gasteiger charge is -2.18. The molecule has 0 saturated carbocycles. The average molecular weight is 344 g/mol. The van der Waals surface area contributed by atoms with Crippen molar-refractivity contribution >= 4 is 21.4 Å². The smallest absolute Gasteiger partial charge is 0.238 e. The minimum atomic E-state index is -3.50. The number of anilines is 1. The fourth-order valence-electron chi connectivity index (χ4n) is 2.03. The van der Waals surface area contributed by atoms with Crippen molar-refractivity contribution in [3.05, 3.63) is 29.6 Å². The van der Waals surface area contributed by atoms with Crippen LogP contribution in [0.2, 0.25) is 0 Å². The number of nitrogens with zero attached hydrogens (tertiary/aromatic N) is 1. The Morgan fingerprint density at radius 3 is 2.39 bits per heavy atom. The van der Waals surface area contributed by atoms with Crippen LogP contribution in [0.25, 0.3) is 0 Å². The molecule has 0 spiro atoms. The van der Waals surface area contributed by atoms with Crippen LogP contribution in [0.4, 0.5) is 10.1 Å². The molecule has 1 aromatic carbocycles. The Morgan fingerprint density at radius 1 is 1.30 bits per heavy atom. The summed E-state index contributed by atoms with van der Waals surface area (Å²) < 4.78 is 37.9. The van der Waals surface area contributed by atoms with E-state index >= 15 is 0 Å². The van der Waals surface area contributed by atoms with Crippen LogP contribution in [0.1, 0.15) is 33.3 Å². The Kier molecular flexibility index (Phi) is 6.56. The van der Waals surface area contributed by atoms with Gasteiger partial charge in [0.25, 0.3) is 0 Å². The highest BCUT2D eigenvalue weighted by Crippen LogP contribution is 2.19. The van der Waals surface area contributed by atoms with Gasteiger partial charge in [-0.2, -0.15) is 0 Å². The molecule has 1 N–H and O–H groups in total. The van der Waals surface area contributed by atoms with E-state index in [1.807, 2.05) is 6.92 Å². The molecule has 0 saturated heterocycles. The maximum atomic E-state index is 14.0. The highest BCUT2D eigenvalue weighted by molar-refractivity contribution is 7.93. The maximum Gasteiger partial charge on any atom is 0.238 e. The van der Waals surface area contributed by atoms with Crippen LogP contribution in [-0.2, 0) is 21.2 Å². The molecule has 0 aliphatic carbocycles. The van der Waals surface area contributed by atoms with Crippen LogP contribution < -0.4 is 10.2 Å². The zero-order valence-corrected chi connectivity index (χ0v) is 15.1. The lowest BCUT2D eigenvalue weighted by Crippen LogP contribution is -2.40. The maximum absolute atomic E-state index is 14.0. The van der Waals surface area contributed by atoms with Crippen molar-refractivity contribution < 1.29 is 17.6 Å². The van der Waals surface area contributed by atoms with E-state index in [1.165, 1.54) is 26.8 Å². The van der Waals surface area contributed by atoms with Gasteiger partial charge in [0.2, 0.25) is 5.91 Å². The molecule has 0 unspecified atom stereocenters. The van der Waals surface area contributed by atoms with E-state index in [0.29, 0.717) is 17.8 Å². The summed E-state index contributed by atoms with van der Waals surface area (Å²) in [7, 11) is -1.71. The van der Waals surface area contributed by atoms with Gasteiger partial charge in [0.1, 0.15) is 11.1 Å². The summed E-state index contributed by atoms with van der Waals surface area (Å²) in [6.07, 6.45) is 0. The third-order valence-electron chi connectivity index (χ3n) is 3.88. The van der Waals surface area contributed by atoms with Crippen LogP contribution in [0.3, 0.4) is 0 Å². The quantitative estimate of drug-likeness (QED) is 0.823. The number of sulfone groups is 1. The first-order valence-corrected chi connectivity index (χ1v) is 9.22. The van der Waals surface area contributed by atoms with E-state index in [0.717, 1.165) is 0 Å². The topological polar surface area (TPSA) is 66.5 Å². The molecule has 0 heterocycles. The van der Waals surface area contributed by atoms with Gasteiger partial charge in [-0.15, -0.1) is 0 Å². The molecule has 130 valence electrons. The van der Waals surface area contributed by atoms with Gasteiger partial charge in [-0.05, 0) is 45.4 Å². The molecular formula is C16H25FN2O3S. The van der Waals surface area contributed by atoms with Gasteiger partial charge in [-0.3, -0.25) is 4.79 Å². The largest absolute Gasteiger partial charge is 0.373 e. The van der Waals surface area contributed by atoms with Crippen molar-refractivity contribution in [3.8, 4) is 0 Å². The van der Waals surface area contributed by atoms with Crippen LogP contribution in [0, 0.1) is 5.82 Å². The van der Waals surface area contributed by atoms with E-state index in [9.17, 15) is 17.6 Å². The Balaban J connectivity index is 2.76. The van der Waals surface area contributed by atoms with Gasteiger partial charge in [-0.25, -0.2) is 12.8 Å². The minimum Gasteiger partial charge on any atom is -0.373 e. The second-order valence-corrected chi connectivity index (χ2v) is 8.63. The fourth-order valence-corrected chi connectivity index (χ4v) is 3.23. The number of hydrogen-bond donors (Lipinski definition) is 1. The molecule has 0 fully saturated rings. The molecule has 1 atom stereocenters. The van der Waals surface area contributed by atoms with Crippen LogP contribution >= 0.6 is 0 Å². The zero-order chi connectivity index (χ0) is 17.8. The molecule has 23 heavy (non-hydrogen) atoms. The Morgan fingerprint density at radius 2 is 1.91 bits per heavy atom. The van der Waals surface area contributed by atoms with E-state index in [4.69, 9.17) is 0 Å². The second-order valence-electron chi connectivity index (χ2n) is 5.80. The highest BCUT2D eigenvalue weighted by Gasteiger charge is 2.30. The molecule has 1 amide bonds. The minimum absolute atomic E-state index is 0.0871. The molecule has 1 rings (SSSR count). The highest BCUT2D eigenvalue weighted by atomic mass is 32.2. The van der Waals surface area contributed by atoms with Crippen molar-refractivity contribution in [2.45, 2.75) is 44.7 Å². The molecule has 5 nitrogen and oxygen atoms in total. The molecule has 0 radical (unpaired) electrons. The van der Waals surface area contributed by atoms with E-state index in [-0.39, 0.29) is 12.4 Å². The van der Waals surface area contributed by atoms with Crippen molar-refractivity contribution in [1.82, 2.24) is 5.32 Å². The molecule has 0 aliphatic rings. The Hall–Kier alpha value is -1.63. The SMILES string of the molecule is CCN(C)c1ccc(CNC(=O)[C@H](C)S(=O)(=O)C(C)C)cc1F. The van der Waals surface area contributed by atoms with Crippen molar-refractivity contribution in [3.63, 3.8) is 0 Å². The Bertz CT molecular complexity index is 659. The summed E-state index contributed by atoms with van der Waals surface area (Å²) in [5.74, 6) is -0.946. The van der Waals surface area contributed by atoms with Gasteiger partial charge in [0.05, 0.1) is 10.9 Å². The van der Waals surface area contributed by atoms with E-state index in [1.54, 1.807) is 24.1 Å². The number of amides is 1. The summed E-state index contributed by atoms with van der Waals surface area (Å²) in [5, 5.41) is 0.803. The standard InChI is InChI=1S/C16H25FN2O3S/c1-6-19(5)15-8-7-13(9-14(15)17)10-18-16(20)12(4)23(21,22)11(2)3/h7-9,11-12H,6,10H2,1-5H3,(H,18,20)/t12-/m0/s1. The summed E-state index contributed by atoms with van der Waals surface area (Å²) in [6.45, 7) is 7.13. The molecule has 0 bridgehead atoms. The predicted molar refractivity (Wildman–Crippen MR) is 90.7 cm³/mol. The third-order valence-corrected chi connectivity index (χ3v) is 6.40. The van der Waals surface area contributed by atoms with Crippen molar-refractivity contribution in [1.29, 1.82) is 0 Å². The molecule has 0 aliphatic heterocycles. The van der Waals surface area contributed by atoms with E-state index in [2.05, 4.69) is 5.32 Å². The summed E-state index contributed by atoms with van der Waals surface area (Å²) in [5.41, 5.74) is 1.07. The summed E-state index contributed by atoms with van der Waals surface area (Å²) >= 11 is 0. The van der Waals surface area contributed by atoms with Gasteiger partial charge >= 0.3 is 0 Å². The zero-order valence-electron chi connectivity index (χ0n) is 14.3. The molecular weight excluding hydrogens is 319 g/mol. The van der Waals surface area contributed by atoms with E-state index < -0.39 is 26.2 Å². The summed E-state index contributed by atoms with van der Waals surface area (Å²) in [4.78, 5) is 13.8.